The van der Waals surface area contributed by atoms with Crippen molar-refractivity contribution < 1.29 is 103 Å². The molecule has 3 heterocycles. The summed E-state index contributed by atoms with van der Waals surface area (Å²) in [6, 6.07) is -3.40. The van der Waals surface area contributed by atoms with Crippen LogP contribution in [0.4, 0.5) is 0 Å². The minimum Gasteiger partial charge on any atom is -0.479 e. The number of ether oxygens (including phenoxy) is 5. The molecule has 24 nitrogen and oxygen atoms in total. The van der Waals surface area contributed by atoms with Crippen molar-refractivity contribution in [1.82, 2.24) is 5.32 Å². The summed E-state index contributed by atoms with van der Waals surface area (Å²) in [5.74, 6) is -2.83. The average Bonchev–Trinajstić information content (AvgIpc) is 2.93. The highest BCUT2D eigenvalue weighted by Crippen LogP contribution is 2.34. The number of aliphatic hydroxyl groups is 6. The molecule has 0 aromatic heterocycles. The summed E-state index contributed by atoms with van der Waals surface area (Å²) in [7, 11) is -10.7. The van der Waals surface area contributed by atoms with E-state index in [2.05, 4.69) is 13.7 Å². The predicted octanol–water partition coefficient (Wildman–Crippen LogP) is -7.72. The van der Waals surface area contributed by atoms with E-state index < -0.39 is 138 Å². The second-order valence-corrected chi connectivity index (χ2v) is 12.4. The number of carbonyl (C=O) groups excluding carboxylic acids is 1. The predicted molar refractivity (Wildman–Crippen MR) is 136 cm³/mol. The number of rotatable bonds is 12. The normalized spacial score (nSPS) is 42.3. The molecule has 0 saturated carbocycles. The van der Waals surface area contributed by atoms with Gasteiger partial charge in [-0.05, 0) is 0 Å². The van der Waals surface area contributed by atoms with Crippen molar-refractivity contribution in [2.75, 3.05) is 13.2 Å². The maximum absolute atomic E-state index is 12.3. The minimum absolute atomic E-state index is 0.882. The van der Waals surface area contributed by atoms with Gasteiger partial charge in [0.2, 0.25) is 5.91 Å². The van der Waals surface area contributed by atoms with Gasteiger partial charge in [-0.15, -0.1) is 0 Å². The Morgan fingerprint density at radius 3 is 1.93 bits per heavy atom. The number of nitrogens with two attached hydrogens (primary N) is 1. The number of aliphatic carboxylic acids is 1. The molecule has 15 atom stereocenters. The van der Waals surface area contributed by atoms with Crippen LogP contribution >= 0.6 is 0 Å². The topological polar surface area (TPSA) is 387 Å². The third-order valence-electron chi connectivity index (χ3n) is 6.95. The molecule has 1 amide bonds. The van der Waals surface area contributed by atoms with Crippen LogP contribution < -0.4 is 11.1 Å². The van der Waals surface area contributed by atoms with Gasteiger partial charge in [-0.25, -0.2) is 13.2 Å². The molecule has 0 aromatic rings. The zero-order chi connectivity index (χ0) is 34.9. The Bertz CT molecular complexity index is 1280. The van der Waals surface area contributed by atoms with Crippen LogP contribution in [-0.2, 0) is 62.4 Å². The van der Waals surface area contributed by atoms with Gasteiger partial charge in [-0.2, -0.15) is 16.8 Å². The highest BCUT2D eigenvalue weighted by atomic mass is 32.3. The van der Waals surface area contributed by atoms with Gasteiger partial charge in [0, 0.05) is 6.92 Å². The molecule has 0 unspecified atom stereocenters. The van der Waals surface area contributed by atoms with E-state index in [9.17, 15) is 66.7 Å². The largest absolute Gasteiger partial charge is 0.479 e. The third-order valence-corrected chi connectivity index (χ3v) is 7.85. The molecule has 0 radical (unpaired) electrons. The molecule has 3 aliphatic heterocycles. The number of carbonyl (C=O) groups is 2. The number of nitrogens with one attached hydrogen (secondary N) is 1. The Morgan fingerprint density at radius 2 is 1.41 bits per heavy atom. The lowest BCUT2D eigenvalue weighted by Crippen LogP contribution is -2.69. The van der Waals surface area contributed by atoms with Gasteiger partial charge in [0.25, 0.3) is 0 Å². The van der Waals surface area contributed by atoms with E-state index in [0.29, 0.717) is 0 Å². The van der Waals surface area contributed by atoms with Gasteiger partial charge in [-0.3, -0.25) is 13.9 Å². The Hall–Kier alpha value is -1.80. The van der Waals surface area contributed by atoms with Crippen LogP contribution in [0.5, 0.6) is 0 Å². The summed E-state index contributed by atoms with van der Waals surface area (Å²) in [5, 5.41) is 74.1. The Balaban J connectivity index is 1.98. The van der Waals surface area contributed by atoms with E-state index in [1.54, 1.807) is 0 Å². The number of carboxylic acids is 1. The number of amides is 1. The highest BCUT2D eigenvalue weighted by molar-refractivity contribution is 7.81. The van der Waals surface area contributed by atoms with Crippen molar-refractivity contribution >= 4 is 32.7 Å². The van der Waals surface area contributed by atoms with Gasteiger partial charge >= 0.3 is 26.8 Å². The van der Waals surface area contributed by atoms with Gasteiger partial charge in [-0.1, -0.05) is 0 Å². The zero-order valence-corrected chi connectivity index (χ0v) is 24.9. The lowest BCUT2D eigenvalue weighted by atomic mass is 9.94. The lowest BCUT2D eigenvalue weighted by Gasteiger charge is -2.48. The maximum Gasteiger partial charge on any atom is 0.397 e. The number of carboxylic acid groups (broad SMARTS) is 1. The molecule has 0 bridgehead atoms. The van der Waals surface area contributed by atoms with Crippen LogP contribution in [0, 0.1) is 0 Å². The van der Waals surface area contributed by atoms with Crippen LogP contribution in [0.25, 0.3) is 0 Å². The number of hydrogen-bond donors (Lipinski definition) is 11. The summed E-state index contributed by atoms with van der Waals surface area (Å²) in [4.78, 5) is 24.1. The summed E-state index contributed by atoms with van der Waals surface area (Å²) >= 11 is 0. The second kappa shape index (κ2) is 15.2. The lowest BCUT2D eigenvalue weighted by molar-refractivity contribution is -0.357. The summed E-state index contributed by atoms with van der Waals surface area (Å²) in [6.07, 6.45) is -27.4. The Kier molecular flexibility index (Phi) is 12.7. The molecular formula is C20H34N2O22S2. The Labute approximate surface area is 259 Å². The summed E-state index contributed by atoms with van der Waals surface area (Å²) in [5.41, 5.74) is 5.63. The first-order valence-corrected chi connectivity index (χ1v) is 15.7. The minimum atomic E-state index is -5.54. The molecule has 3 aliphatic rings. The van der Waals surface area contributed by atoms with Crippen LogP contribution in [0.1, 0.15) is 6.92 Å². The van der Waals surface area contributed by atoms with Crippen molar-refractivity contribution in [3.8, 4) is 0 Å². The zero-order valence-electron chi connectivity index (χ0n) is 23.3. The quantitative estimate of drug-likeness (QED) is 0.0834. The molecule has 3 fully saturated rings. The van der Waals surface area contributed by atoms with Crippen molar-refractivity contribution in [3.05, 3.63) is 0 Å². The second-order valence-electron chi connectivity index (χ2n) is 10.2. The van der Waals surface area contributed by atoms with E-state index >= 15 is 0 Å². The molecule has 46 heavy (non-hydrogen) atoms. The van der Waals surface area contributed by atoms with Crippen LogP contribution in [0.15, 0.2) is 0 Å². The van der Waals surface area contributed by atoms with Gasteiger partial charge < -0.3 is 70.5 Å². The molecule has 3 rings (SSSR count). The number of hydrogen-bond acceptors (Lipinski definition) is 20. The number of aliphatic hydroxyl groups excluding tert-OH is 6. The third kappa shape index (κ3) is 9.42. The van der Waals surface area contributed by atoms with Gasteiger partial charge in [0.1, 0.15) is 54.9 Å². The first kappa shape index (κ1) is 38.6. The van der Waals surface area contributed by atoms with E-state index in [4.69, 9.17) is 34.0 Å². The van der Waals surface area contributed by atoms with Crippen molar-refractivity contribution in [2.24, 2.45) is 5.73 Å². The van der Waals surface area contributed by atoms with Crippen molar-refractivity contribution in [1.29, 1.82) is 0 Å². The fourth-order valence-electron chi connectivity index (χ4n) is 4.84. The highest BCUT2D eigenvalue weighted by Gasteiger charge is 2.57. The van der Waals surface area contributed by atoms with Gasteiger partial charge in [0.05, 0.1) is 19.3 Å². The summed E-state index contributed by atoms with van der Waals surface area (Å²) < 4.78 is 98.8. The smallest absolute Gasteiger partial charge is 0.397 e. The molecule has 12 N–H and O–H groups in total. The van der Waals surface area contributed by atoms with Crippen molar-refractivity contribution in [3.63, 3.8) is 0 Å². The Morgan fingerprint density at radius 1 is 0.804 bits per heavy atom. The molecule has 0 aliphatic carbocycles. The molecule has 0 aromatic carbocycles. The molecule has 268 valence electrons. The maximum atomic E-state index is 12.3. The van der Waals surface area contributed by atoms with E-state index in [1.165, 1.54) is 0 Å². The van der Waals surface area contributed by atoms with Gasteiger partial charge in [0.15, 0.2) is 31.1 Å². The van der Waals surface area contributed by atoms with Crippen LogP contribution in [0.3, 0.4) is 0 Å². The van der Waals surface area contributed by atoms with Crippen LogP contribution in [0.2, 0.25) is 0 Å². The standard InChI is InChI=1S/C20H34N2O22S2/c1-4(24)22-8-11(27)9(25)6(3-38-45(32,33)34)40-19(8)42-14-12(28)15(44-46(35,36)37)20(43-16(14)17(29)30)41-13-5(2-23)39-18(31)7(21)10(13)26/h5-16,18-20,23,25-28,31H,2-3,21H2,1H3,(H,22,24)(H,29,30)(H,32,33,34)(H,35,36,37)/t5-,6-,7-,8-,9-,10-,11-,12+,13-,14+,15-,16-,18+,19-,20-/m1/s1. The van der Waals surface area contributed by atoms with Crippen LogP contribution in [-0.4, -0.2) is 179 Å². The molecule has 3 saturated heterocycles. The van der Waals surface area contributed by atoms with E-state index in [0.717, 1.165) is 6.92 Å². The fourth-order valence-corrected chi connectivity index (χ4v) is 5.63. The fraction of sp³-hybridized carbons (Fsp3) is 0.900. The monoisotopic (exact) mass is 718 g/mol. The first-order valence-electron chi connectivity index (χ1n) is 13.0. The van der Waals surface area contributed by atoms with E-state index in [-0.39, 0.29) is 0 Å². The summed E-state index contributed by atoms with van der Waals surface area (Å²) in [6.45, 7) is -1.19. The molecule has 26 heteroatoms. The SMILES string of the molecule is CC(=O)N[C@H]1[C@@H](O[C@H]2[C@H](O)[C@@H](OS(=O)(=O)O)[C@H](O[C@H]3[C@H](O)[C@@H](N)[C@@H](O)O[C@@H]3CO)O[C@H]2C(=O)O)O[C@H](COS(=O)(=O)O)[C@@H](O)[C@@H]1O. The van der Waals surface area contributed by atoms with E-state index in [1.807, 2.05) is 0 Å². The van der Waals surface area contributed by atoms with Crippen molar-refractivity contribution in [2.45, 2.75) is 98.9 Å². The molecular weight excluding hydrogens is 684 g/mol. The average molecular weight is 719 g/mol. The first-order chi connectivity index (χ1) is 21.1. The molecule has 0 spiro atoms.